The maximum Gasteiger partial charge on any atom is 0.236 e. The topological polar surface area (TPSA) is 81.7 Å². The molecule has 216 valence electrons. The Morgan fingerprint density at radius 2 is 1.33 bits per heavy atom. The molecule has 42 heavy (non-hydrogen) atoms. The number of ketones is 2. The van der Waals surface area contributed by atoms with Crippen molar-refractivity contribution in [3.63, 3.8) is 0 Å². The van der Waals surface area contributed by atoms with Gasteiger partial charge in [0.2, 0.25) is 5.91 Å². The Kier molecular flexibility index (Phi) is 10.3. The van der Waals surface area contributed by atoms with Crippen LogP contribution in [0.3, 0.4) is 0 Å². The molecule has 0 heterocycles. The molecule has 0 fully saturated rings. The second kappa shape index (κ2) is 14.3. The minimum absolute atomic E-state index is 0.221. The van der Waals surface area contributed by atoms with Gasteiger partial charge in [0.05, 0.1) is 26.2 Å². The number of Topliss-reactive ketones (excluding diaryl/α,β-unsaturated/α-hetero) is 2. The van der Waals surface area contributed by atoms with Gasteiger partial charge in [-0.25, -0.2) is 4.39 Å². The Balaban J connectivity index is 1.51. The van der Waals surface area contributed by atoms with E-state index >= 15 is 0 Å². The van der Waals surface area contributed by atoms with Crippen molar-refractivity contribution in [2.45, 2.75) is 33.0 Å². The summed E-state index contributed by atoms with van der Waals surface area (Å²) < 4.78 is 24.6. The predicted molar refractivity (Wildman–Crippen MR) is 160 cm³/mol. The van der Waals surface area contributed by atoms with Crippen molar-refractivity contribution >= 4 is 23.2 Å². The van der Waals surface area contributed by atoms with Gasteiger partial charge in [0.1, 0.15) is 23.3 Å². The van der Waals surface area contributed by atoms with E-state index in [-0.39, 0.29) is 11.3 Å². The van der Waals surface area contributed by atoms with Crippen LogP contribution < -0.4 is 10.1 Å². The van der Waals surface area contributed by atoms with Crippen molar-refractivity contribution in [2.75, 3.05) is 12.4 Å². The predicted octanol–water partition coefficient (Wildman–Crippen LogP) is 7.00. The number of halogens is 1. The van der Waals surface area contributed by atoms with Crippen molar-refractivity contribution < 1.29 is 28.2 Å². The van der Waals surface area contributed by atoms with Gasteiger partial charge in [-0.05, 0) is 65.2 Å². The number of methoxy groups -OCH3 is 1. The lowest BCUT2D eigenvalue weighted by molar-refractivity contribution is -0.133. The fourth-order valence-electron chi connectivity index (χ4n) is 4.67. The fraction of sp³-hybridized carbons (Fsp3) is 0.229. The van der Waals surface area contributed by atoms with E-state index in [0.717, 1.165) is 16.9 Å². The summed E-state index contributed by atoms with van der Waals surface area (Å²) >= 11 is 0. The normalized spacial score (nSPS) is 12.4. The molecule has 0 bridgehead atoms. The zero-order valence-electron chi connectivity index (χ0n) is 23.9. The summed E-state index contributed by atoms with van der Waals surface area (Å²) in [5, 5.41) is 2.84. The van der Waals surface area contributed by atoms with Gasteiger partial charge in [0.25, 0.3) is 0 Å². The minimum Gasteiger partial charge on any atom is -0.497 e. The van der Waals surface area contributed by atoms with Crippen molar-refractivity contribution in [2.24, 2.45) is 11.8 Å². The average molecular weight is 568 g/mol. The number of hydrogen-bond donors (Lipinski definition) is 1. The van der Waals surface area contributed by atoms with Crippen molar-refractivity contribution in [1.82, 2.24) is 0 Å². The van der Waals surface area contributed by atoms with Crippen molar-refractivity contribution in [3.8, 4) is 5.75 Å². The van der Waals surface area contributed by atoms with Crippen LogP contribution in [-0.4, -0.2) is 24.6 Å². The molecule has 0 radical (unpaired) electrons. The van der Waals surface area contributed by atoms with Crippen molar-refractivity contribution in [3.05, 3.63) is 131 Å². The van der Waals surface area contributed by atoms with Gasteiger partial charge in [-0.3, -0.25) is 14.4 Å². The number of carbonyl (C=O) groups is 3. The molecule has 1 amide bonds. The van der Waals surface area contributed by atoms with Gasteiger partial charge < -0.3 is 14.8 Å². The molecule has 6 nitrogen and oxygen atoms in total. The van der Waals surface area contributed by atoms with Crippen LogP contribution in [0.2, 0.25) is 0 Å². The third-order valence-electron chi connectivity index (χ3n) is 6.98. The Hall–Kier alpha value is -4.62. The van der Waals surface area contributed by atoms with Crippen LogP contribution in [-0.2, 0) is 27.5 Å². The van der Waals surface area contributed by atoms with Crippen LogP contribution in [0.25, 0.3) is 0 Å². The van der Waals surface area contributed by atoms with Crippen molar-refractivity contribution in [1.29, 1.82) is 0 Å². The lowest BCUT2D eigenvalue weighted by Gasteiger charge is -2.26. The molecule has 0 saturated carbocycles. The van der Waals surface area contributed by atoms with E-state index in [9.17, 15) is 18.8 Å². The van der Waals surface area contributed by atoms with Crippen LogP contribution in [0.5, 0.6) is 5.75 Å². The fourth-order valence-corrected chi connectivity index (χ4v) is 4.67. The first-order chi connectivity index (χ1) is 20.3. The van der Waals surface area contributed by atoms with E-state index in [4.69, 9.17) is 9.47 Å². The van der Waals surface area contributed by atoms with E-state index < -0.39 is 35.3 Å². The van der Waals surface area contributed by atoms with Gasteiger partial charge in [-0.2, -0.15) is 0 Å². The number of amides is 1. The first kappa shape index (κ1) is 30.3. The largest absolute Gasteiger partial charge is 0.497 e. The zero-order chi connectivity index (χ0) is 30.1. The number of ether oxygens (including phenoxy) is 2. The lowest BCUT2D eigenvalue weighted by Crippen LogP contribution is -2.40. The highest BCUT2D eigenvalue weighted by atomic mass is 19.1. The molecule has 4 aromatic rings. The van der Waals surface area contributed by atoms with E-state index in [1.807, 2.05) is 36.4 Å². The summed E-state index contributed by atoms with van der Waals surface area (Å²) in [7, 11) is 1.62. The standard InChI is InChI=1S/C35H34FNO5/c1-23(2)33(38)32(31(26-7-5-4-6-8-26)34(39)27-13-15-28(36)16-14-27)35(40)37-29-17-9-24(10-18-29)21-42-22-25-11-19-30(41-3)20-12-25/h4-20,23,31-32H,21-22H2,1-3H3,(H,37,40). The lowest BCUT2D eigenvalue weighted by atomic mass is 9.75. The molecule has 0 aliphatic heterocycles. The SMILES string of the molecule is COc1ccc(COCc2ccc(NC(=O)C(C(=O)C(C)C)C(C(=O)c3ccc(F)cc3)c3ccccc3)cc2)cc1. The van der Waals surface area contributed by atoms with Crippen LogP contribution in [0.15, 0.2) is 103 Å². The van der Waals surface area contributed by atoms with Crippen LogP contribution in [0.4, 0.5) is 10.1 Å². The van der Waals surface area contributed by atoms with Gasteiger partial charge in [-0.15, -0.1) is 0 Å². The first-order valence-electron chi connectivity index (χ1n) is 13.8. The molecule has 0 aliphatic rings. The number of rotatable bonds is 13. The summed E-state index contributed by atoms with van der Waals surface area (Å²) in [6, 6.07) is 28.7. The summed E-state index contributed by atoms with van der Waals surface area (Å²) in [4.78, 5) is 41.0. The molecule has 1 N–H and O–H groups in total. The van der Waals surface area contributed by atoms with E-state index in [1.165, 1.54) is 24.3 Å². The molecule has 4 aromatic carbocycles. The van der Waals surface area contributed by atoms with Gasteiger partial charge in [0, 0.05) is 17.2 Å². The summed E-state index contributed by atoms with van der Waals surface area (Å²) in [6.07, 6.45) is 0. The number of anilines is 1. The van der Waals surface area contributed by atoms with Gasteiger partial charge in [0.15, 0.2) is 5.78 Å². The van der Waals surface area contributed by atoms with E-state index in [1.54, 1.807) is 63.4 Å². The number of carbonyl (C=O) groups excluding carboxylic acids is 3. The second-order valence-corrected chi connectivity index (χ2v) is 10.3. The van der Waals surface area contributed by atoms with Gasteiger partial charge >= 0.3 is 0 Å². The van der Waals surface area contributed by atoms with Crippen LogP contribution >= 0.6 is 0 Å². The summed E-state index contributed by atoms with van der Waals surface area (Å²) in [5.74, 6) is -3.96. The molecule has 0 spiro atoms. The molecular weight excluding hydrogens is 533 g/mol. The number of nitrogens with one attached hydrogen (secondary N) is 1. The first-order valence-corrected chi connectivity index (χ1v) is 13.8. The summed E-state index contributed by atoms with van der Waals surface area (Å²) in [5.41, 5.74) is 3.17. The van der Waals surface area contributed by atoms with Gasteiger partial charge in [-0.1, -0.05) is 68.4 Å². The smallest absolute Gasteiger partial charge is 0.236 e. The van der Waals surface area contributed by atoms with Crippen LogP contribution in [0, 0.1) is 17.7 Å². The van der Waals surface area contributed by atoms with Crippen LogP contribution in [0.1, 0.15) is 46.8 Å². The highest BCUT2D eigenvalue weighted by Crippen LogP contribution is 2.33. The highest BCUT2D eigenvalue weighted by Gasteiger charge is 2.41. The molecule has 2 unspecified atom stereocenters. The number of hydrogen-bond acceptors (Lipinski definition) is 5. The third-order valence-corrected chi connectivity index (χ3v) is 6.98. The molecule has 4 rings (SSSR count). The second-order valence-electron chi connectivity index (χ2n) is 10.3. The maximum absolute atomic E-state index is 13.8. The summed E-state index contributed by atoms with van der Waals surface area (Å²) in [6.45, 7) is 4.21. The third kappa shape index (κ3) is 7.77. The number of benzene rings is 4. The molecular formula is C35H34FNO5. The molecule has 0 aromatic heterocycles. The monoisotopic (exact) mass is 567 g/mol. The Bertz CT molecular complexity index is 1480. The molecule has 7 heteroatoms. The zero-order valence-corrected chi connectivity index (χ0v) is 23.9. The Morgan fingerprint density at radius 1 is 0.762 bits per heavy atom. The molecule has 0 saturated heterocycles. The quantitative estimate of drug-likeness (QED) is 0.139. The Labute approximate surface area is 245 Å². The Morgan fingerprint density at radius 3 is 1.88 bits per heavy atom. The average Bonchev–Trinajstić information content (AvgIpc) is 3.01. The maximum atomic E-state index is 13.8. The minimum atomic E-state index is -1.29. The van der Waals surface area contributed by atoms with E-state index in [2.05, 4.69) is 5.32 Å². The van der Waals surface area contributed by atoms with E-state index in [0.29, 0.717) is 24.5 Å². The molecule has 2 atom stereocenters. The highest BCUT2D eigenvalue weighted by molar-refractivity contribution is 6.14. The molecule has 0 aliphatic carbocycles.